The molecule has 0 amide bonds. The van der Waals surface area contributed by atoms with Gasteiger partial charge in [0.15, 0.2) is 0 Å². The molecule has 0 aliphatic rings. The summed E-state index contributed by atoms with van der Waals surface area (Å²) in [6.07, 6.45) is 1.67. The van der Waals surface area contributed by atoms with Crippen molar-refractivity contribution >= 4 is 43.7 Å². The molecule has 2 aromatic heterocycles. The Morgan fingerprint density at radius 2 is 2.09 bits per heavy atom. The van der Waals surface area contributed by atoms with Crippen molar-refractivity contribution in [3.63, 3.8) is 0 Å². The summed E-state index contributed by atoms with van der Waals surface area (Å²) in [6, 6.07) is 7.74. The first-order chi connectivity index (χ1) is 10.5. The van der Waals surface area contributed by atoms with E-state index in [4.69, 9.17) is 0 Å². The molecule has 0 aliphatic carbocycles. The monoisotopic (exact) mass is 375 g/mol. The molecule has 0 spiro atoms. The van der Waals surface area contributed by atoms with Crippen LogP contribution < -0.4 is 5.56 Å². The van der Waals surface area contributed by atoms with Crippen molar-refractivity contribution in [1.82, 2.24) is 9.66 Å². The van der Waals surface area contributed by atoms with Gasteiger partial charge in [-0.1, -0.05) is 28.1 Å². The van der Waals surface area contributed by atoms with Crippen LogP contribution in [-0.4, -0.2) is 15.9 Å². The summed E-state index contributed by atoms with van der Waals surface area (Å²) < 4.78 is 2.33. The third-order valence-electron chi connectivity index (χ3n) is 3.51. The Morgan fingerprint density at radius 3 is 2.82 bits per heavy atom. The van der Waals surface area contributed by atoms with Crippen LogP contribution in [0, 0.1) is 20.8 Å². The standard InChI is InChI=1S/C16H14BrN3OS/c1-9-10(2)22-15-14(9)16(21)20(11(3)19-15)18-8-12-5-4-6-13(17)7-12/h4-8H,1-3H3/b18-8-. The van der Waals surface area contributed by atoms with Gasteiger partial charge in [-0.15, -0.1) is 11.3 Å². The van der Waals surface area contributed by atoms with Crippen LogP contribution >= 0.6 is 27.3 Å². The molecule has 112 valence electrons. The maximum absolute atomic E-state index is 12.7. The topological polar surface area (TPSA) is 47.2 Å². The molecule has 22 heavy (non-hydrogen) atoms. The van der Waals surface area contributed by atoms with E-state index in [1.807, 2.05) is 38.1 Å². The van der Waals surface area contributed by atoms with Gasteiger partial charge in [-0.3, -0.25) is 4.79 Å². The van der Waals surface area contributed by atoms with Gasteiger partial charge >= 0.3 is 0 Å². The largest absolute Gasteiger partial charge is 0.283 e. The predicted octanol–water partition coefficient (Wildman–Crippen LogP) is 4.03. The molecule has 3 rings (SSSR count). The van der Waals surface area contributed by atoms with E-state index >= 15 is 0 Å². The van der Waals surface area contributed by atoms with Crippen LogP contribution in [-0.2, 0) is 0 Å². The molecule has 0 atom stereocenters. The average molecular weight is 376 g/mol. The first-order valence-electron chi connectivity index (χ1n) is 6.76. The molecular weight excluding hydrogens is 362 g/mol. The molecule has 0 bridgehead atoms. The van der Waals surface area contributed by atoms with Crippen LogP contribution in [0.4, 0.5) is 0 Å². The van der Waals surface area contributed by atoms with Crippen molar-refractivity contribution in [2.45, 2.75) is 20.8 Å². The Kier molecular flexibility index (Phi) is 3.97. The fourth-order valence-corrected chi connectivity index (χ4v) is 3.72. The van der Waals surface area contributed by atoms with E-state index in [0.29, 0.717) is 11.2 Å². The summed E-state index contributed by atoms with van der Waals surface area (Å²) >= 11 is 4.97. The third-order valence-corrected chi connectivity index (χ3v) is 5.11. The van der Waals surface area contributed by atoms with Crippen molar-refractivity contribution in [1.29, 1.82) is 0 Å². The summed E-state index contributed by atoms with van der Waals surface area (Å²) in [5, 5.41) is 4.98. The molecule has 3 aromatic rings. The number of aryl methyl sites for hydroxylation is 3. The van der Waals surface area contributed by atoms with Crippen molar-refractivity contribution in [2.75, 3.05) is 0 Å². The molecule has 0 radical (unpaired) electrons. The molecule has 0 fully saturated rings. The number of nitrogens with zero attached hydrogens (tertiary/aromatic N) is 3. The molecule has 1 aromatic carbocycles. The average Bonchev–Trinajstić information content (AvgIpc) is 2.73. The quantitative estimate of drug-likeness (QED) is 0.634. The number of fused-ring (bicyclic) bond motifs is 1. The first kappa shape index (κ1) is 15.1. The molecule has 6 heteroatoms. The van der Waals surface area contributed by atoms with Crippen LogP contribution in [0.15, 0.2) is 38.6 Å². The fraction of sp³-hybridized carbons (Fsp3) is 0.188. The highest BCUT2D eigenvalue weighted by Crippen LogP contribution is 2.26. The number of rotatable bonds is 2. The minimum Gasteiger partial charge on any atom is -0.267 e. The van der Waals surface area contributed by atoms with Crippen molar-refractivity contribution in [3.8, 4) is 0 Å². The van der Waals surface area contributed by atoms with Crippen LogP contribution in [0.3, 0.4) is 0 Å². The Morgan fingerprint density at radius 1 is 1.32 bits per heavy atom. The van der Waals surface area contributed by atoms with Crippen LogP contribution in [0.5, 0.6) is 0 Å². The highest BCUT2D eigenvalue weighted by Gasteiger charge is 2.13. The lowest BCUT2D eigenvalue weighted by Gasteiger charge is -2.03. The Labute approximate surface area is 140 Å². The number of benzene rings is 1. The number of halogens is 1. The second-order valence-electron chi connectivity index (χ2n) is 5.04. The summed E-state index contributed by atoms with van der Waals surface area (Å²) in [7, 11) is 0. The van der Waals surface area contributed by atoms with E-state index in [9.17, 15) is 4.79 Å². The molecule has 0 aliphatic heterocycles. The maximum Gasteiger partial charge on any atom is 0.283 e. The molecule has 0 unspecified atom stereocenters. The zero-order valence-electron chi connectivity index (χ0n) is 12.4. The van der Waals surface area contributed by atoms with Gasteiger partial charge in [0.2, 0.25) is 0 Å². The first-order valence-corrected chi connectivity index (χ1v) is 8.37. The van der Waals surface area contributed by atoms with Gasteiger partial charge in [0.1, 0.15) is 10.7 Å². The van der Waals surface area contributed by atoms with E-state index in [1.165, 1.54) is 4.68 Å². The minimum absolute atomic E-state index is 0.115. The molecule has 0 N–H and O–H groups in total. The number of aromatic nitrogens is 2. The van der Waals surface area contributed by atoms with E-state index < -0.39 is 0 Å². The predicted molar refractivity (Wildman–Crippen MR) is 95.2 cm³/mol. The van der Waals surface area contributed by atoms with Crippen LogP contribution in [0.2, 0.25) is 0 Å². The van der Waals surface area contributed by atoms with Crippen LogP contribution in [0.25, 0.3) is 10.2 Å². The Bertz CT molecular complexity index is 956. The van der Waals surface area contributed by atoms with Gasteiger partial charge < -0.3 is 0 Å². The number of thiophene rings is 1. The molecule has 0 saturated carbocycles. The van der Waals surface area contributed by atoms with Gasteiger partial charge in [0.25, 0.3) is 5.56 Å². The third kappa shape index (κ3) is 2.64. The smallest absolute Gasteiger partial charge is 0.267 e. The fourth-order valence-electron chi connectivity index (χ4n) is 2.23. The van der Waals surface area contributed by atoms with Crippen molar-refractivity contribution < 1.29 is 0 Å². The summed E-state index contributed by atoms with van der Waals surface area (Å²) in [5.74, 6) is 0.588. The number of hydrogen-bond acceptors (Lipinski definition) is 4. The van der Waals surface area contributed by atoms with Gasteiger partial charge in [-0.05, 0) is 44.0 Å². The van der Waals surface area contributed by atoms with E-state index in [1.54, 1.807) is 24.5 Å². The Balaban J connectivity index is 2.15. The lowest BCUT2D eigenvalue weighted by Crippen LogP contribution is -2.20. The zero-order valence-corrected chi connectivity index (χ0v) is 14.8. The van der Waals surface area contributed by atoms with Gasteiger partial charge in [0, 0.05) is 9.35 Å². The second-order valence-corrected chi connectivity index (χ2v) is 7.16. The SMILES string of the molecule is Cc1sc2nc(C)n(/N=C\c3cccc(Br)c3)c(=O)c2c1C. The summed E-state index contributed by atoms with van der Waals surface area (Å²) in [5.41, 5.74) is 1.79. The van der Waals surface area contributed by atoms with E-state index in [0.717, 1.165) is 25.3 Å². The Hall–Kier alpha value is -1.79. The molecular formula is C16H14BrN3OS. The van der Waals surface area contributed by atoms with E-state index in [2.05, 4.69) is 26.0 Å². The van der Waals surface area contributed by atoms with Crippen LogP contribution in [0.1, 0.15) is 21.8 Å². The maximum atomic E-state index is 12.7. The number of hydrogen-bond donors (Lipinski definition) is 0. The zero-order chi connectivity index (χ0) is 15.9. The van der Waals surface area contributed by atoms with E-state index in [-0.39, 0.29) is 5.56 Å². The van der Waals surface area contributed by atoms with Crippen molar-refractivity contribution in [2.24, 2.45) is 5.10 Å². The normalized spacial score (nSPS) is 11.6. The molecule has 2 heterocycles. The lowest BCUT2D eigenvalue weighted by atomic mass is 10.2. The summed E-state index contributed by atoms with van der Waals surface area (Å²) in [6.45, 7) is 5.75. The highest BCUT2D eigenvalue weighted by molar-refractivity contribution is 9.10. The van der Waals surface area contributed by atoms with Crippen molar-refractivity contribution in [3.05, 3.63) is 60.9 Å². The minimum atomic E-state index is -0.115. The van der Waals surface area contributed by atoms with Gasteiger partial charge in [-0.2, -0.15) is 9.78 Å². The summed E-state index contributed by atoms with van der Waals surface area (Å²) in [4.78, 5) is 19.1. The van der Waals surface area contributed by atoms with Gasteiger partial charge in [0.05, 0.1) is 11.6 Å². The highest BCUT2D eigenvalue weighted by atomic mass is 79.9. The molecule has 0 saturated heterocycles. The second kappa shape index (κ2) is 5.78. The molecule has 4 nitrogen and oxygen atoms in total. The lowest BCUT2D eigenvalue weighted by molar-refractivity contribution is 0.772. The van der Waals surface area contributed by atoms with Gasteiger partial charge in [-0.25, -0.2) is 4.98 Å².